The molecule has 1 aliphatic heterocycles. The van der Waals surface area contributed by atoms with Crippen molar-refractivity contribution in [3.05, 3.63) is 42.4 Å². The van der Waals surface area contributed by atoms with E-state index in [4.69, 9.17) is 10.5 Å². The number of rotatable bonds is 5. The van der Waals surface area contributed by atoms with Gasteiger partial charge in [0.15, 0.2) is 5.82 Å². The topological polar surface area (TPSA) is 95.1 Å². The summed E-state index contributed by atoms with van der Waals surface area (Å²) in [6, 6.07) is 5.67. The van der Waals surface area contributed by atoms with Crippen LogP contribution in [0.15, 0.2) is 36.8 Å². The molecule has 0 unspecified atom stereocenters. The molecular formula is C16H21N5O2. The summed E-state index contributed by atoms with van der Waals surface area (Å²) in [7, 11) is 0. The molecule has 0 bridgehead atoms. The van der Waals surface area contributed by atoms with E-state index < -0.39 is 5.41 Å². The second-order valence-electron chi connectivity index (χ2n) is 5.80. The summed E-state index contributed by atoms with van der Waals surface area (Å²) >= 11 is 0. The summed E-state index contributed by atoms with van der Waals surface area (Å²) in [6.45, 7) is 2.09. The van der Waals surface area contributed by atoms with Crippen LogP contribution in [0.2, 0.25) is 0 Å². The van der Waals surface area contributed by atoms with Crippen molar-refractivity contribution < 1.29 is 9.53 Å². The second-order valence-corrected chi connectivity index (χ2v) is 5.80. The minimum atomic E-state index is -0.548. The number of hydrogen-bond donors (Lipinski definition) is 2. The average molecular weight is 315 g/mol. The minimum Gasteiger partial charge on any atom is -0.381 e. The summed E-state index contributed by atoms with van der Waals surface area (Å²) < 4.78 is 7.12. The third-order valence-electron chi connectivity index (χ3n) is 4.30. The van der Waals surface area contributed by atoms with Gasteiger partial charge < -0.3 is 15.8 Å². The molecule has 0 radical (unpaired) electrons. The highest BCUT2D eigenvalue weighted by atomic mass is 16.5. The van der Waals surface area contributed by atoms with Crippen LogP contribution in [-0.4, -0.2) is 40.4 Å². The monoisotopic (exact) mass is 315 g/mol. The number of ether oxygens (including phenoxy) is 1. The predicted octanol–water partition coefficient (Wildman–Crippen LogP) is 1.02. The van der Waals surface area contributed by atoms with Gasteiger partial charge in [-0.2, -0.15) is 5.10 Å². The summed E-state index contributed by atoms with van der Waals surface area (Å²) in [6.07, 6.45) is 6.63. The lowest BCUT2D eigenvalue weighted by Gasteiger charge is -2.34. The Bertz CT molecular complexity index is 650. The predicted molar refractivity (Wildman–Crippen MR) is 85.7 cm³/mol. The average Bonchev–Trinajstić information content (AvgIpc) is 3.03. The van der Waals surface area contributed by atoms with Crippen molar-refractivity contribution in [2.24, 2.45) is 11.1 Å². The molecule has 1 saturated heterocycles. The first-order valence-corrected chi connectivity index (χ1v) is 7.73. The summed E-state index contributed by atoms with van der Waals surface area (Å²) in [5, 5.41) is 7.29. The first-order chi connectivity index (χ1) is 11.2. The van der Waals surface area contributed by atoms with Crippen molar-refractivity contribution in [3.63, 3.8) is 0 Å². The lowest BCUT2D eigenvalue weighted by Crippen LogP contribution is -2.46. The number of amides is 1. The number of pyridine rings is 1. The van der Waals surface area contributed by atoms with Gasteiger partial charge in [-0.3, -0.25) is 14.5 Å². The first kappa shape index (κ1) is 15.6. The Kier molecular flexibility index (Phi) is 4.68. The molecule has 3 N–H and O–H groups in total. The molecule has 1 aliphatic rings. The SMILES string of the molecule is NCC1(C(=O)Nc2ccn(Cc3ccncc3)n2)CCOCC1. The van der Waals surface area contributed by atoms with Crippen LogP contribution in [0.25, 0.3) is 0 Å². The third kappa shape index (κ3) is 3.57. The quantitative estimate of drug-likeness (QED) is 0.859. The largest absolute Gasteiger partial charge is 0.381 e. The second kappa shape index (κ2) is 6.89. The molecule has 1 fully saturated rings. The van der Waals surface area contributed by atoms with Crippen LogP contribution in [0.5, 0.6) is 0 Å². The van der Waals surface area contributed by atoms with Gasteiger partial charge in [-0.1, -0.05) is 0 Å². The van der Waals surface area contributed by atoms with E-state index in [-0.39, 0.29) is 5.91 Å². The fraction of sp³-hybridized carbons (Fsp3) is 0.438. The third-order valence-corrected chi connectivity index (χ3v) is 4.30. The zero-order valence-corrected chi connectivity index (χ0v) is 12.9. The number of aromatic nitrogens is 3. The van der Waals surface area contributed by atoms with Crippen molar-refractivity contribution in [3.8, 4) is 0 Å². The molecule has 0 aliphatic carbocycles. The molecule has 2 aromatic heterocycles. The number of carbonyl (C=O) groups excluding carboxylic acids is 1. The number of carbonyl (C=O) groups is 1. The maximum atomic E-state index is 12.6. The van der Waals surface area contributed by atoms with Crippen molar-refractivity contribution >= 4 is 11.7 Å². The Labute approximate surface area is 134 Å². The number of nitrogens with two attached hydrogens (primary N) is 1. The van der Waals surface area contributed by atoms with Gasteiger partial charge in [0.05, 0.1) is 12.0 Å². The molecular weight excluding hydrogens is 294 g/mol. The van der Waals surface area contributed by atoms with Crippen LogP contribution in [-0.2, 0) is 16.1 Å². The maximum Gasteiger partial charge on any atom is 0.233 e. The van der Waals surface area contributed by atoms with Gasteiger partial charge in [-0.15, -0.1) is 0 Å². The summed E-state index contributed by atoms with van der Waals surface area (Å²) in [4.78, 5) is 16.6. The van der Waals surface area contributed by atoms with Gasteiger partial charge in [-0.05, 0) is 30.5 Å². The fourth-order valence-electron chi connectivity index (χ4n) is 2.73. The van der Waals surface area contributed by atoms with E-state index in [1.54, 1.807) is 23.1 Å². The molecule has 7 heteroatoms. The summed E-state index contributed by atoms with van der Waals surface area (Å²) in [5.74, 6) is 0.473. The van der Waals surface area contributed by atoms with E-state index in [9.17, 15) is 4.79 Å². The van der Waals surface area contributed by atoms with E-state index in [1.165, 1.54) is 0 Å². The van der Waals surface area contributed by atoms with Gasteiger partial charge in [-0.25, -0.2) is 0 Å². The molecule has 23 heavy (non-hydrogen) atoms. The van der Waals surface area contributed by atoms with E-state index in [1.807, 2.05) is 18.3 Å². The summed E-state index contributed by atoms with van der Waals surface area (Å²) in [5.41, 5.74) is 6.40. The molecule has 1 amide bonds. The minimum absolute atomic E-state index is 0.0718. The number of hydrogen-bond acceptors (Lipinski definition) is 5. The Morgan fingerprint density at radius 1 is 1.30 bits per heavy atom. The van der Waals surface area contributed by atoms with E-state index >= 15 is 0 Å². The van der Waals surface area contributed by atoms with Crippen molar-refractivity contribution in [2.45, 2.75) is 19.4 Å². The van der Waals surface area contributed by atoms with Crippen LogP contribution in [0.4, 0.5) is 5.82 Å². The van der Waals surface area contributed by atoms with Crippen molar-refractivity contribution in [2.75, 3.05) is 25.1 Å². The normalized spacial score (nSPS) is 16.9. The van der Waals surface area contributed by atoms with Crippen molar-refractivity contribution in [1.29, 1.82) is 0 Å². The van der Waals surface area contributed by atoms with E-state index in [2.05, 4.69) is 15.4 Å². The first-order valence-electron chi connectivity index (χ1n) is 7.73. The smallest absolute Gasteiger partial charge is 0.233 e. The molecule has 122 valence electrons. The fourth-order valence-corrected chi connectivity index (χ4v) is 2.73. The molecule has 3 rings (SSSR count). The maximum absolute atomic E-state index is 12.6. The molecule has 3 heterocycles. The van der Waals surface area contributed by atoms with Crippen LogP contribution in [0.1, 0.15) is 18.4 Å². The van der Waals surface area contributed by atoms with Gasteiger partial charge in [0.25, 0.3) is 0 Å². The molecule has 0 atom stereocenters. The molecule has 2 aromatic rings. The van der Waals surface area contributed by atoms with Crippen LogP contribution >= 0.6 is 0 Å². The molecule has 0 aromatic carbocycles. The van der Waals surface area contributed by atoms with E-state index in [0.29, 0.717) is 45.0 Å². The molecule has 0 spiro atoms. The van der Waals surface area contributed by atoms with Crippen LogP contribution < -0.4 is 11.1 Å². The highest BCUT2D eigenvalue weighted by molar-refractivity contribution is 5.94. The van der Waals surface area contributed by atoms with Gasteiger partial charge in [0.1, 0.15) is 0 Å². The lowest BCUT2D eigenvalue weighted by molar-refractivity contribution is -0.130. The lowest BCUT2D eigenvalue weighted by atomic mass is 9.79. The standard InChI is InChI=1S/C16H21N5O2/c17-12-16(4-9-23-10-5-16)15(22)19-14-3-8-21(20-14)11-13-1-6-18-7-2-13/h1-3,6-8H,4-5,9-12,17H2,(H,19,20,22). The van der Waals surface area contributed by atoms with Crippen LogP contribution in [0, 0.1) is 5.41 Å². The number of anilines is 1. The Hall–Kier alpha value is -2.25. The van der Waals surface area contributed by atoms with Gasteiger partial charge in [0.2, 0.25) is 5.91 Å². The van der Waals surface area contributed by atoms with Crippen LogP contribution in [0.3, 0.4) is 0 Å². The number of nitrogens with one attached hydrogen (secondary N) is 1. The molecule has 7 nitrogen and oxygen atoms in total. The highest BCUT2D eigenvalue weighted by Gasteiger charge is 2.39. The van der Waals surface area contributed by atoms with Crippen molar-refractivity contribution in [1.82, 2.24) is 14.8 Å². The zero-order valence-electron chi connectivity index (χ0n) is 12.9. The Balaban J connectivity index is 1.65. The van der Waals surface area contributed by atoms with Gasteiger partial charge in [0, 0.05) is 44.4 Å². The van der Waals surface area contributed by atoms with E-state index in [0.717, 1.165) is 5.56 Å². The highest BCUT2D eigenvalue weighted by Crippen LogP contribution is 2.30. The van der Waals surface area contributed by atoms with Gasteiger partial charge >= 0.3 is 0 Å². The zero-order chi connectivity index (χ0) is 16.1. The Morgan fingerprint density at radius 2 is 2.04 bits per heavy atom. The number of nitrogens with zero attached hydrogens (tertiary/aromatic N) is 3. The Morgan fingerprint density at radius 3 is 2.74 bits per heavy atom. The molecule has 0 saturated carbocycles.